The van der Waals surface area contributed by atoms with Gasteiger partial charge in [-0.05, 0) is 18.8 Å². The number of piperazine rings is 1. The second kappa shape index (κ2) is 5.36. The summed E-state index contributed by atoms with van der Waals surface area (Å²) in [6.45, 7) is 12.4. The second-order valence-corrected chi connectivity index (χ2v) is 5.66. The first-order chi connectivity index (χ1) is 8.09. The molecule has 2 fully saturated rings. The fraction of sp³-hybridized carbons (Fsp3) is 0.923. The first kappa shape index (κ1) is 12.8. The lowest BCUT2D eigenvalue weighted by Gasteiger charge is -2.33. The van der Waals surface area contributed by atoms with E-state index in [-0.39, 0.29) is 6.04 Å². The summed E-state index contributed by atoms with van der Waals surface area (Å²) in [6.07, 6.45) is 0. The summed E-state index contributed by atoms with van der Waals surface area (Å²) < 4.78 is 0. The summed E-state index contributed by atoms with van der Waals surface area (Å²) in [5.41, 5.74) is 0. The molecule has 0 aromatic carbocycles. The zero-order chi connectivity index (χ0) is 12.4. The molecule has 0 spiro atoms. The Balaban J connectivity index is 1.90. The molecular weight excluding hydrogens is 214 g/mol. The van der Waals surface area contributed by atoms with E-state index in [1.165, 1.54) is 0 Å². The van der Waals surface area contributed by atoms with E-state index in [1.807, 2.05) is 4.90 Å². The van der Waals surface area contributed by atoms with Crippen molar-refractivity contribution in [2.24, 2.45) is 11.8 Å². The van der Waals surface area contributed by atoms with Crippen molar-refractivity contribution in [3.63, 3.8) is 0 Å². The summed E-state index contributed by atoms with van der Waals surface area (Å²) in [6, 6.07) is 0.0560. The van der Waals surface area contributed by atoms with Crippen LogP contribution in [-0.2, 0) is 4.79 Å². The van der Waals surface area contributed by atoms with Gasteiger partial charge in [0.05, 0.1) is 6.04 Å². The normalized spacial score (nSPS) is 32.8. The fourth-order valence-corrected chi connectivity index (χ4v) is 2.80. The van der Waals surface area contributed by atoms with Gasteiger partial charge >= 0.3 is 0 Å². The number of nitrogens with zero attached hydrogens (tertiary/aromatic N) is 2. The number of carbonyl (C=O) groups excluding carboxylic acids is 1. The van der Waals surface area contributed by atoms with Crippen molar-refractivity contribution in [1.82, 2.24) is 15.1 Å². The molecule has 3 unspecified atom stereocenters. The zero-order valence-electron chi connectivity index (χ0n) is 11.3. The van der Waals surface area contributed by atoms with Gasteiger partial charge in [-0.3, -0.25) is 9.69 Å². The van der Waals surface area contributed by atoms with Gasteiger partial charge in [-0.2, -0.15) is 0 Å². The number of hydrogen-bond donors (Lipinski definition) is 1. The number of rotatable bonds is 2. The quantitative estimate of drug-likeness (QED) is 0.757. The Morgan fingerprint density at radius 1 is 1.18 bits per heavy atom. The lowest BCUT2D eigenvalue weighted by atomic mass is 10.0. The van der Waals surface area contributed by atoms with Crippen molar-refractivity contribution in [3.05, 3.63) is 0 Å². The molecule has 4 heteroatoms. The van der Waals surface area contributed by atoms with E-state index in [2.05, 4.69) is 31.0 Å². The van der Waals surface area contributed by atoms with Crippen LogP contribution in [0.15, 0.2) is 0 Å². The van der Waals surface area contributed by atoms with Gasteiger partial charge in [0.25, 0.3) is 0 Å². The molecule has 0 aromatic rings. The Kier molecular flexibility index (Phi) is 4.05. The smallest absolute Gasteiger partial charge is 0.239 e. The van der Waals surface area contributed by atoms with Gasteiger partial charge in [0, 0.05) is 39.3 Å². The Labute approximate surface area is 104 Å². The summed E-state index contributed by atoms with van der Waals surface area (Å²) in [5.74, 6) is 1.74. The van der Waals surface area contributed by atoms with E-state index in [0.717, 1.165) is 39.3 Å². The molecule has 2 aliphatic rings. The van der Waals surface area contributed by atoms with E-state index in [9.17, 15) is 4.79 Å². The van der Waals surface area contributed by atoms with Crippen LogP contribution < -0.4 is 5.32 Å². The SMILES string of the molecule is CC1CN(C(C)C(=O)N2CCNCC2)CC1C. The molecule has 4 nitrogen and oxygen atoms in total. The third kappa shape index (κ3) is 2.80. The first-order valence-electron chi connectivity index (χ1n) is 6.83. The van der Waals surface area contributed by atoms with Gasteiger partial charge in [0.1, 0.15) is 0 Å². The van der Waals surface area contributed by atoms with Crippen molar-refractivity contribution in [2.75, 3.05) is 39.3 Å². The number of nitrogens with one attached hydrogen (secondary N) is 1. The Bertz CT molecular complexity index is 266. The van der Waals surface area contributed by atoms with E-state index in [1.54, 1.807) is 0 Å². The van der Waals surface area contributed by atoms with Crippen LogP contribution in [0.1, 0.15) is 20.8 Å². The lowest BCUT2D eigenvalue weighted by molar-refractivity contribution is -0.136. The highest BCUT2D eigenvalue weighted by molar-refractivity contribution is 5.81. The maximum Gasteiger partial charge on any atom is 0.239 e. The summed E-state index contributed by atoms with van der Waals surface area (Å²) in [4.78, 5) is 16.7. The molecule has 1 amide bonds. The molecule has 2 aliphatic heterocycles. The molecule has 3 atom stereocenters. The van der Waals surface area contributed by atoms with Crippen molar-refractivity contribution >= 4 is 5.91 Å². The standard InChI is InChI=1S/C13H25N3O/c1-10-8-16(9-11(10)2)12(3)13(17)15-6-4-14-5-7-15/h10-12,14H,4-9H2,1-3H3. The van der Waals surface area contributed by atoms with E-state index >= 15 is 0 Å². The Morgan fingerprint density at radius 2 is 1.71 bits per heavy atom. The zero-order valence-corrected chi connectivity index (χ0v) is 11.3. The molecule has 17 heavy (non-hydrogen) atoms. The van der Waals surface area contributed by atoms with Crippen molar-refractivity contribution < 1.29 is 4.79 Å². The molecule has 2 heterocycles. The highest BCUT2D eigenvalue weighted by atomic mass is 16.2. The molecule has 0 aromatic heterocycles. The third-order valence-corrected chi connectivity index (χ3v) is 4.35. The molecule has 2 rings (SSSR count). The number of carbonyl (C=O) groups is 1. The van der Waals surface area contributed by atoms with Crippen LogP contribution in [-0.4, -0.2) is 61.0 Å². The molecular formula is C13H25N3O. The van der Waals surface area contributed by atoms with Crippen LogP contribution in [0.4, 0.5) is 0 Å². The predicted molar refractivity (Wildman–Crippen MR) is 68.8 cm³/mol. The van der Waals surface area contributed by atoms with Gasteiger partial charge in [0.2, 0.25) is 5.91 Å². The van der Waals surface area contributed by atoms with Crippen molar-refractivity contribution in [2.45, 2.75) is 26.8 Å². The summed E-state index contributed by atoms with van der Waals surface area (Å²) in [7, 11) is 0. The fourth-order valence-electron chi connectivity index (χ4n) is 2.80. The predicted octanol–water partition coefficient (Wildman–Crippen LogP) is 0.395. The van der Waals surface area contributed by atoms with Crippen LogP contribution in [0, 0.1) is 11.8 Å². The van der Waals surface area contributed by atoms with Gasteiger partial charge < -0.3 is 10.2 Å². The average Bonchev–Trinajstić information content (AvgIpc) is 2.69. The minimum absolute atomic E-state index is 0.0560. The number of amides is 1. The second-order valence-electron chi connectivity index (χ2n) is 5.66. The largest absolute Gasteiger partial charge is 0.339 e. The highest BCUT2D eigenvalue weighted by Gasteiger charge is 2.33. The first-order valence-corrected chi connectivity index (χ1v) is 6.83. The lowest BCUT2D eigenvalue weighted by Crippen LogP contribution is -2.52. The van der Waals surface area contributed by atoms with Crippen LogP contribution in [0.25, 0.3) is 0 Å². The number of hydrogen-bond acceptors (Lipinski definition) is 3. The van der Waals surface area contributed by atoms with E-state index in [0.29, 0.717) is 17.7 Å². The third-order valence-electron chi connectivity index (χ3n) is 4.35. The van der Waals surface area contributed by atoms with Gasteiger partial charge in [-0.1, -0.05) is 13.8 Å². The van der Waals surface area contributed by atoms with Crippen LogP contribution >= 0.6 is 0 Å². The van der Waals surface area contributed by atoms with Crippen LogP contribution in [0.5, 0.6) is 0 Å². The van der Waals surface area contributed by atoms with Crippen LogP contribution in [0.3, 0.4) is 0 Å². The van der Waals surface area contributed by atoms with Crippen molar-refractivity contribution in [3.8, 4) is 0 Å². The Hall–Kier alpha value is -0.610. The molecule has 0 aliphatic carbocycles. The van der Waals surface area contributed by atoms with E-state index < -0.39 is 0 Å². The van der Waals surface area contributed by atoms with Gasteiger partial charge in [-0.25, -0.2) is 0 Å². The molecule has 1 N–H and O–H groups in total. The molecule has 98 valence electrons. The van der Waals surface area contributed by atoms with Crippen LogP contribution in [0.2, 0.25) is 0 Å². The Morgan fingerprint density at radius 3 is 2.24 bits per heavy atom. The van der Waals surface area contributed by atoms with Gasteiger partial charge in [0.15, 0.2) is 0 Å². The average molecular weight is 239 g/mol. The maximum atomic E-state index is 12.4. The molecule has 0 bridgehead atoms. The molecule has 0 radical (unpaired) electrons. The molecule has 2 saturated heterocycles. The minimum Gasteiger partial charge on any atom is -0.339 e. The summed E-state index contributed by atoms with van der Waals surface area (Å²) in [5, 5.41) is 3.28. The van der Waals surface area contributed by atoms with Crippen molar-refractivity contribution in [1.29, 1.82) is 0 Å². The maximum absolute atomic E-state index is 12.4. The minimum atomic E-state index is 0.0560. The monoisotopic (exact) mass is 239 g/mol. The summed E-state index contributed by atoms with van der Waals surface area (Å²) >= 11 is 0. The number of likely N-dealkylation sites (tertiary alicyclic amines) is 1. The molecule has 0 saturated carbocycles. The van der Waals surface area contributed by atoms with E-state index in [4.69, 9.17) is 0 Å². The highest BCUT2D eigenvalue weighted by Crippen LogP contribution is 2.24. The van der Waals surface area contributed by atoms with Gasteiger partial charge in [-0.15, -0.1) is 0 Å². The topological polar surface area (TPSA) is 35.6 Å².